The molecule has 2 aromatic carbocycles. The standard InChI is InChI=1S/C14H14O9P2/c15-12-5-3-10(4-6-12)1-2-11-7-13(16)9-14(8-11)22-25(20,21)23-24(17,18)19/h1-9,15-16H,(H,20,21)(H2,17,18,19)/b2-1+. The summed E-state index contributed by atoms with van der Waals surface area (Å²) < 4.78 is 30.4. The fourth-order valence-electron chi connectivity index (χ4n) is 1.82. The Balaban J connectivity index is 2.21. The highest BCUT2D eigenvalue weighted by Gasteiger charge is 2.33. The molecule has 0 spiro atoms. The molecule has 0 fully saturated rings. The second-order valence-electron chi connectivity index (χ2n) is 4.82. The van der Waals surface area contributed by atoms with E-state index in [9.17, 15) is 24.2 Å². The Morgan fingerprint density at radius 1 is 0.800 bits per heavy atom. The van der Waals surface area contributed by atoms with Crippen LogP contribution in [0.15, 0.2) is 42.5 Å². The van der Waals surface area contributed by atoms with Crippen LogP contribution >= 0.6 is 15.6 Å². The predicted octanol–water partition coefficient (Wildman–Crippen LogP) is 2.86. The second-order valence-corrected chi connectivity index (χ2v) is 7.57. The van der Waals surface area contributed by atoms with Crippen molar-refractivity contribution in [3.8, 4) is 17.2 Å². The monoisotopic (exact) mass is 388 g/mol. The molecular formula is C14H14O9P2. The Bertz CT molecular complexity index is 870. The molecular weight excluding hydrogens is 374 g/mol. The molecule has 1 unspecified atom stereocenters. The molecule has 0 amide bonds. The van der Waals surface area contributed by atoms with E-state index < -0.39 is 15.6 Å². The van der Waals surface area contributed by atoms with E-state index in [1.165, 1.54) is 24.3 Å². The summed E-state index contributed by atoms with van der Waals surface area (Å²) >= 11 is 0. The van der Waals surface area contributed by atoms with Crippen molar-refractivity contribution in [3.05, 3.63) is 53.6 Å². The highest BCUT2D eigenvalue weighted by atomic mass is 31.3. The lowest BCUT2D eigenvalue weighted by atomic mass is 10.1. The maximum Gasteiger partial charge on any atom is 0.536 e. The molecule has 9 nitrogen and oxygen atoms in total. The Morgan fingerprint density at radius 2 is 1.40 bits per heavy atom. The zero-order chi connectivity index (χ0) is 18.7. The molecule has 5 N–H and O–H groups in total. The number of rotatable bonds is 6. The molecule has 0 aliphatic carbocycles. The molecule has 0 aromatic heterocycles. The molecule has 1 atom stereocenters. The van der Waals surface area contributed by atoms with Crippen LogP contribution in [0.2, 0.25) is 0 Å². The Hall–Kier alpha value is -2.12. The minimum absolute atomic E-state index is 0.106. The number of phenolic OH excluding ortho intramolecular Hbond substituents is 2. The van der Waals surface area contributed by atoms with E-state index in [0.29, 0.717) is 5.56 Å². The van der Waals surface area contributed by atoms with Gasteiger partial charge in [0.2, 0.25) is 0 Å². The molecule has 134 valence electrons. The molecule has 0 aliphatic heterocycles. The van der Waals surface area contributed by atoms with Crippen molar-refractivity contribution >= 4 is 27.8 Å². The van der Waals surface area contributed by atoms with Crippen LogP contribution in [0, 0.1) is 0 Å². The molecule has 0 saturated heterocycles. The van der Waals surface area contributed by atoms with Crippen molar-refractivity contribution in [3.63, 3.8) is 0 Å². The summed E-state index contributed by atoms with van der Waals surface area (Å²) in [5.41, 5.74) is 1.11. The predicted molar refractivity (Wildman–Crippen MR) is 88.7 cm³/mol. The Labute approximate surface area is 142 Å². The zero-order valence-electron chi connectivity index (χ0n) is 12.5. The van der Waals surface area contributed by atoms with E-state index >= 15 is 0 Å². The van der Waals surface area contributed by atoms with Gasteiger partial charge in [-0.3, -0.25) is 4.89 Å². The first kappa shape index (κ1) is 19.2. The van der Waals surface area contributed by atoms with Crippen molar-refractivity contribution in [2.75, 3.05) is 0 Å². The van der Waals surface area contributed by atoms with Crippen LogP contribution in [0.1, 0.15) is 11.1 Å². The van der Waals surface area contributed by atoms with Gasteiger partial charge in [-0.25, -0.2) is 9.13 Å². The molecule has 11 heteroatoms. The van der Waals surface area contributed by atoms with E-state index in [4.69, 9.17) is 9.79 Å². The van der Waals surface area contributed by atoms with Gasteiger partial charge in [0.1, 0.15) is 17.2 Å². The fraction of sp³-hybridized carbons (Fsp3) is 0. The lowest BCUT2D eigenvalue weighted by molar-refractivity contribution is 0.229. The third kappa shape index (κ3) is 6.72. The van der Waals surface area contributed by atoms with Gasteiger partial charge in [0.15, 0.2) is 0 Å². The van der Waals surface area contributed by atoms with Crippen LogP contribution in [-0.2, 0) is 13.4 Å². The summed E-state index contributed by atoms with van der Waals surface area (Å²) in [5, 5.41) is 18.9. The minimum atomic E-state index is -5.24. The van der Waals surface area contributed by atoms with Gasteiger partial charge in [-0.15, -0.1) is 0 Å². The highest BCUT2D eigenvalue weighted by Crippen LogP contribution is 2.57. The van der Waals surface area contributed by atoms with Gasteiger partial charge in [0.25, 0.3) is 0 Å². The molecule has 25 heavy (non-hydrogen) atoms. The summed E-state index contributed by atoms with van der Waals surface area (Å²) in [7, 11) is -10.3. The number of hydrogen-bond acceptors (Lipinski definition) is 6. The number of phosphoric ester groups is 1. The number of aromatic hydroxyl groups is 2. The maximum absolute atomic E-state index is 11.5. The van der Waals surface area contributed by atoms with Crippen molar-refractivity contribution in [1.82, 2.24) is 0 Å². The number of benzene rings is 2. The Kier molecular flexibility index (Phi) is 5.69. The Morgan fingerprint density at radius 3 is 2.00 bits per heavy atom. The topological polar surface area (TPSA) is 154 Å². The minimum Gasteiger partial charge on any atom is -0.508 e. The van der Waals surface area contributed by atoms with E-state index in [1.807, 2.05) is 0 Å². The average molecular weight is 388 g/mol. The van der Waals surface area contributed by atoms with Crippen LogP contribution < -0.4 is 4.52 Å². The first-order chi connectivity index (χ1) is 11.5. The van der Waals surface area contributed by atoms with E-state index in [0.717, 1.165) is 11.6 Å². The van der Waals surface area contributed by atoms with Crippen LogP contribution in [-0.4, -0.2) is 24.9 Å². The molecule has 2 aromatic rings. The van der Waals surface area contributed by atoms with Crippen molar-refractivity contribution in [2.45, 2.75) is 0 Å². The SMILES string of the molecule is O=P(O)(O)OP(=O)(O)Oc1cc(O)cc(/C=C/c2ccc(O)cc2)c1. The average Bonchev–Trinajstić information content (AvgIpc) is 2.42. The molecule has 0 heterocycles. The molecule has 0 saturated carbocycles. The van der Waals surface area contributed by atoms with Gasteiger partial charge in [-0.2, -0.15) is 4.31 Å². The number of phosphoric acid groups is 2. The smallest absolute Gasteiger partial charge is 0.508 e. The quantitative estimate of drug-likeness (QED) is 0.371. The normalized spacial score (nSPS) is 14.4. The van der Waals surface area contributed by atoms with Gasteiger partial charge in [0, 0.05) is 6.07 Å². The molecule has 0 bridgehead atoms. The van der Waals surface area contributed by atoms with Crippen molar-refractivity contribution in [2.24, 2.45) is 0 Å². The second kappa shape index (κ2) is 7.41. The van der Waals surface area contributed by atoms with E-state index in [1.54, 1.807) is 24.3 Å². The van der Waals surface area contributed by atoms with Crippen molar-refractivity contribution in [1.29, 1.82) is 0 Å². The first-order valence-electron chi connectivity index (χ1n) is 6.63. The van der Waals surface area contributed by atoms with E-state index in [-0.39, 0.29) is 17.2 Å². The third-order valence-electron chi connectivity index (χ3n) is 2.71. The van der Waals surface area contributed by atoms with Gasteiger partial charge in [-0.05, 0) is 35.4 Å². The summed E-state index contributed by atoms with van der Waals surface area (Å²) in [6.45, 7) is 0. The summed E-state index contributed by atoms with van der Waals surface area (Å²) in [5.74, 6) is -0.530. The fourth-order valence-corrected chi connectivity index (χ4v) is 3.40. The largest absolute Gasteiger partial charge is 0.536 e. The van der Waals surface area contributed by atoms with Crippen LogP contribution in [0.25, 0.3) is 12.2 Å². The van der Waals surface area contributed by atoms with Gasteiger partial charge in [0.05, 0.1) is 0 Å². The number of hydrogen-bond donors (Lipinski definition) is 5. The van der Waals surface area contributed by atoms with Crippen molar-refractivity contribution < 1.29 is 42.9 Å². The van der Waals surface area contributed by atoms with Gasteiger partial charge >= 0.3 is 15.6 Å². The van der Waals surface area contributed by atoms with Crippen LogP contribution in [0.3, 0.4) is 0 Å². The molecule has 0 radical (unpaired) electrons. The lowest BCUT2D eigenvalue weighted by Gasteiger charge is -2.13. The molecule has 2 rings (SSSR count). The summed E-state index contributed by atoms with van der Waals surface area (Å²) in [4.78, 5) is 26.5. The highest BCUT2D eigenvalue weighted by molar-refractivity contribution is 7.60. The van der Waals surface area contributed by atoms with Crippen LogP contribution in [0.4, 0.5) is 0 Å². The summed E-state index contributed by atoms with van der Waals surface area (Å²) in [6.07, 6.45) is 3.19. The molecule has 0 aliphatic rings. The first-order valence-corrected chi connectivity index (χ1v) is 9.65. The third-order valence-corrected chi connectivity index (χ3v) is 4.82. The zero-order valence-corrected chi connectivity index (χ0v) is 14.2. The van der Waals surface area contributed by atoms with Crippen LogP contribution in [0.5, 0.6) is 17.2 Å². The van der Waals surface area contributed by atoms with Gasteiger partial charge in [-0.1, -0.05) is 24.3 Å². The maximum atomic E-state index is 11.5. The lowest BCUT2D eigenvalue weighted by Crippen LogP contribution is -1.96. The van der Waals surface area contributed by atoms with E-state index in [2.05, 4.69) is 8.83 Å². The summed E-state index contributed by atoms with van der Waals surface area (Å²) in [6, 6.07) is 9.81. The van der Waals surface area contributed by atoms with Gasteiger partial charge < -0.3 is 24.5 Å². The number of phenols is 2.